The lowest BCUT2D eigenvalue weighted by atomic mass is 9.78. The topological polar surface area (TPSA) is 204 Å². The molecule has 342 valence electrons. The molecule has 0 amide bonds. The standard InChI is InChI=1S/C45H72O15/c1-13-37(49)56-34(17-15-16-31(10)46)40(43(52)54-14-2)42(55-33(12)48)35(57-38(50)18-26(3)4)21-30(9)41(58-39(51)19-27(5)6)36-20-28(7)23-45(59-36)24-29(8)22-44(53,60-45)25-32(11)47/h15-16,26-30,34-36,40-42,53H,13-14,17-25H2,1-12H3. The zero-order valence-corrected chi connectivity index (χ0v) is 37.9. The van der Waals surface area contributed by atoms with Gasteiger partial charge in [0.25, 0.3) is 0 Å². The third-order valence-electron chi connectivity index (χ3n) is 10.4. The minimum Gasteiger partial charge on any atom is -0.466 e. The second kappa shape index (κ2) is 24.1. The van der Waals surface area contributed by atoms with E-state index < -0.39 is 83.8 Å². The summed E-state index contributed by atoms with van der Waals surface area (Å²) in [5.41, 5.74) is 0. The van der Waals surface area contributed by atoms with Crippen LogP contribution in [0.1, 0.15) is 147 Å². The molecule has 0 saturated carbocycles. The van der Waals surface area contributed by atoms with Crippen molar-refractivity contribution in [3.8, 4) is 0 Å². The van der Waals surface area contributed by atoms with Gasteiger partial charge in [0.1, 0.15) is 30.0 Å². The molecule has 11 atom stereocenters. The average molecular weight is 853 g/mol. The number of carbonyl (C=O) groups excluding carboxylic acids is 7. The summed E-state index contributed by atoms with van der Waals surface area (Å²) in [6, 6.07) is 0. The van der Waals surface area contributed by atoms with Crippen molar-refractivity contribution in [3.05, 3.63) is 12.2 Å². The summed E-state index contributed by atoms with van der Waals surface area (Å²) in [5, 5.41) is 11.5. The molecule has 2 fully saturated rings. The van der Waals surface area contributed by atoms with Crippen molar-refractivity contribution in [2.24, 2.45) is 35.5 Å². The first-order valence-electron chi connectivity index (χ1n) is 21.6. The van der Waals surface area contributed by atoms with Gasteiger partial charge in [-0.15, -0.1) is 0 Å². The molecule has 2 rings (SSSR count). The van der Waals surface area contributed by atoms with Gasteiger partial charge in [0.2, 0.25) is 0 Å². The van der Waals surface area contributed by atoms with Crippen molar-refractivity contribution in [1.82, 2.24) is 0 Å². The van der Waals surface area contributed by atoms with Gasteiger partial charge in [-0.3, -0.25) is 33.6 Å². The van der Waals surface area contributed by atoms with E-state index in [0.29, 0.717) is 19.3 Å². The quantitative estimate of drug-likeness (QED) is 0.0660. The van der Waals surface area contributed by atoms with Crippen LogP contribution < -0.4 is 0 Å². The number of aliphatic hydroxyl groups is 1. The first-order chi connectivity index (χ1) is 27.9. The molecule has 0 aromatic rings. The number of hydrogen-bond donors (Lipinski definition) is 1. The average Bonchev–Trinajstić information content (AvgIpc) is 3.07. The van der Waals surface area contributed by atoms with Gasteiger partial charge in [0.15, 0.2) is 23.5 Å². The third kappa shape index (κ3) is 17.4. The number of ether oxygens (including phenoxy) is 7. The van der Waals surface area contributed by atoms with Crippen LogP contribution in [0, 0.1) is 35.5 Å². The number of rotatable bonds is 23. The predicted molar refractivity (Wildman–Crippen MR) is 218 cm³/mol. The summed E-state index contributed by atoms with van der Waals surface area (Å²) in [6.45, 7) is 20.0. The molecule has 2 heterocycles. The zero-order valence-electron chi connectivity index (χ0n) is 37.9. The zero-order chi connectivity index (χ0) is 45.5. The Morgan fingerprint density at radius 3 is 1.90 bits per heavy atom. The number of esters is 5. The summed E-state index contributed by atoms with van der Waals surface area (Å²) >= 11 is 0. The molecular formula is C45H72O15. The van der Waals surface area contributed by atoms with Crippen LogP contribution in [0.4, 0.5) is 0 Å². The van der Waals surface area contributed by atoms with Gasteiger partial charge >= 0.3 is 29.8 Å². The van der Waals surface area contributed by atoms with Gasteiger partial charge in [0, 0.05) is 51.9 Å². The molecule has 1 spiro atoms. The fourth-order valence-electron chi connectivity index (χ4n) is 8.44. The highest BCUT2D eigenvalue weighted by Gasteiger charge is 2.55. The van der Waals surface area contributed by atoms with Crippen molar-refractivity contribution < 1.29 is 71.8 Å². The Labute approximate surface area is 356 Å². The smallest absolute Gasteiger partial charge is 0.316 e. The maximum absolute atomic E-state index is 14.0. The van der Waals surface area contributed by atoms with Gasteiger partial charge in [-0.1, -0.05) is 61.5 Å². The van der Waals surface area contributed by atoms with Crippen LogP contribution in [0.15, 0.2) is 12.2 Å². The van der Waals surface area contributed by atoms with Crippen LogP contribution in [0.5, 0.6) is 0 Å². The van der Waals surface area contributed by atoms with E-state index in [9.17, 15) is 38.7 Å². The lowest BCUT2D eigenvalue weighted by Crippen LogP contribution is -2.59. The van der Waals surface area contributed by atoms with Gasteiger partial charge in [-0.05, 0) is 69.3 Å². The second-order valence-corrected chi connectivity index (χ2v) is 17.9. The molecule has 11 unspecified atom stereocenters. The third-order valence-corrected chi connectivity index (χ3v) is 10.4. The highest BCUT2D eigenvalue weighted by atomic mass is 16.8. The van der Waals surface area contributed by atoms with Gasteiger partial charge in [0.05, 0.1) is 19.1 Å². The maximum Gasteiger partial charge on any atom is 0.316 e. The van der Waals surface area contributed by atoms with E-state index in [1.54, 1.807) is 20.8 Å². The molecule has 2 aliphatic rings. The minimum absolute atomic E-state index is 0.0331. The van der Waals surface area contributed by atoms with Gasteiger partial charge < -0.3 is 38.3 Å². The molecule has 2 aliphatic heterocycles. The normalized spacial score (nSPS) is 26.1. The SMILES string of the molecule is CCOC(=O)C(C(CC=CC(C)=O)OC(=O)CC)C(OC(C)=O)C(CC(C)C(OC(=O)CC(C)C)C1CC(C)CC2(CC(C)CC(O)(CC(C)=O)O2)O1)OC(=O)CC(C)C. The second-order valence-electron chi connectivity index (χ2n) is 17.9. The summed E-state index contributed by atoms with van der Waals surface area (Å²) in [4.78, 5) is 91.1. The van der Waals surface area contributed by atoms with Crippen molar-refractivity contribution in [2.75, 3.05) is 6.61 Å². The largest absolute Gasteiger partial charge is 0.466 e. The van der Waals surface area contributed by atoms with Crippen LogP contribution in [0.3, 0.4) is 0 Å². The summed E-state index contributed by atoms with van der Waals surface area (Å²) in [6.07, 6.45) is -2.60. The van der Waals surface area contributed by atoms with E-state index in [2.05, 4.69) is 0 Å². The number of carbonyl (C=O) groups is 7. The van der Waals surface area contributed by atoms with Crippen molar-refractivity contribution in [3.63, 3.8) is 0 Å². The Morgan fingerprint density at radius 2 is 1.37 bits per heavy atom. The Bertz CT molecular complexity index is 1500. The molecule has 1 N–H and O–H groups in total. The van der Waals surface area contributed by atoms with Crippen LogP contribution in [-0.4, -0.2) is 95.2 Å². The summed E-state index contributed by atoms with van der Waals surface area (Å²) in [5.74, 6) is -9.87. The lowest BCUT2D eigenvalue weighted by Gasteiger charge is -2.53. The fourth-order valence-corrected chi connectivity index (χ4v) is 8.44. The van der Waals surface area contributed by atoms with Crippen molar-refractivity contribution >= 4 is 41.4 Å². The molecule has 15 nitrogen and oxygen atoms in total. The van der Waals surface area contributed by atoms with Crippen molar-refractivity contribution in [1.29, 1.82) is 0 Å². The van der Waals surface area contributed by atoms with Crippen LogP contribution in [-0.2, 0) is 66.7 Å². The van der Waals surface area contributed by atoms with Gasteiger partial charge in [-0.2, -0.15) is 0 Å². The Hall–Kier alpha value is -3.69. The highest BCUT2D eigenvalue weighted by molar-refractivity contribution is 5.87. The molecule has 0 bridgehead atoms. The summed E-state index contributed by atoms with van der Waals surface area (Å²) in [7, 11) is 0. The molecule has 0 aromatic carbocycles. The molecule has 15 heteroatoms. The number of hydrogen-bond acceptors (Lipinski definition) is 15. The van der Waals surface area contributed by atoms with E-state index in [0.717, 1.165) is 6.92 Å². The van der Waals surface area contributed by atoms with E-state index in [4.69, 9.17) is 33.2 Å². The maximum atomic E-state index is 14.0. The van der Waals surface area contributed by atoms with Crippen LogP contribution in [0.2, 0.25) is 0 Å². The predicted octanol–water partition coefficient (Wildman–Crippen LogP) is 6.52. The van der Waals surface area contributed by atoms with E-state index in [-0.39, 0.29) is 86.8 Å². The van der Waals surface area contributed by atoms with E-state index in [1.165, 1.54) is 26.0 Å². The van der Waals surface area contributed by atoms with Gasteiger partial charge in [-0.25, -0.2) is 0 Å². The van der Waals surface area contributed by atoms with Crippen LogP contribution >= 0.6 is 0 Å². The fraction of sp³-hybridized carbons (Fsp3) is 0.800. The van der Waals surface area contributed by atoms with Crippen molar-refractivity contribution in [2.45, 2.75) is 189 Å². The number of ketones is 2. The number of allylic oxidation sites excluding steroid dienone is 1. The molecule has 0 aromatic heterocycles. The molecule has 0 aliphatic carbocycles. The molecule has 2 saturated heterocycles. The Balaban J connectivity index is 2.81. The monoisotopic (exact) mass is 852 g/mol. The highest BCUT2D eigenvalue weighted by Crippen LogP contribution is 2.48. The van der Waals surface area contributed by atoms with E-state index >= 15 is 0 Å². The Morgan fingerprint density at radius 1 is 0.783 bits per heavy atom. The number of Topliss-reactive ketones (excluding diaryl/α,β-unsaturated/α-hetero) is 1. The minimum atomic E-state index is -1.77. The first kappa shape index (κ1) is 52.4. The lowest BCUT2D eigenvalue weighted by molar-refractivity contribution is -0.405. The van der Waals surface area contributed by atoms with E-state index in [1.807, 2.05) is 41.5 Å². The van der Waals surface area contributed by atoms with Crippen LogP contribution in [0.25, 0.3) is 0 Å². The molecule has 60 heavy (non-hydrogen) atoms. The molecular weight excluding hydrogens is 780 g/mol. The Kier molecular flexibility index (Phi) is 21.0. The molecule has 0 radical (unpaired) electrons. The summed E-state index contributed by atoms with van der Waals surface area (Å²) < 4.78 is 42.7. The first-order valence-corrected chi connectivity index (χ1v) is 21.6.